The standard InChI is InChI=1S/C25H22N6OS/c1-2-16-8-9-18-17(10-11-27-24(18)28-12-15-6-4-3-5-7-15)20(16)31-25(32)19-13-33-22-21(19)29-14-30-23(22)26/h3-11,13-14H,2,12H2,1H3,(H,27,28)(H,31,32)(H2,26,29,30). The van der Waals surface area contributed by atoms with Crippen LogP contribution in [0.15, 0.2) is 66.4 Å². The fraction of sp³-hybridized carbons (Fsp3) is 0.120. The van der Waals surface area contributed by atoms with Crippen LogP contribution in [0.25, 0.3) is 21.0 Å². The van der Waals surface area contributed by atoms with E-state index in [0.29, 0.717) is 28.1 Å². The van der Waals surface area contributed by atoms with Gasteiger partial charge in [-0.2, -0.15) is 0 Å². The van der Waals surface area contributed by atoms with E-state index in [9.17, 15) is 4.79 Å². The zero-order valence-corrected chi connectivity index (χ0v) is 18.8. The lowest BCUT2D eigenvalue weighted by Crippen LogP contribution is -2.14. The van der Waals surface area contributed by atoms with Crippen molar-refractivity contribution in [3.63, 3.8) is 0 Å². The van der Waals surface area contributed by atoms with Gasteiger partial charge in [0, 0.05) is 28.9 Å². The third kappa shape index (κ3) is 3.96. The van der Waals surface area contributed by atoms with Crippen LogP contribution in [0.2, 0.25) is 0 Å². The highest BCUT2D eigenvalue weighted by Crippen LogP contribution is 2.33. The van der Waals surface area contributed by atoms with Crippen LogP contribution in [0, 0.1) is 0 Å². The summed E-state index contributed by atoms with van der Waals surface area (Å²) in [6.45, 7) is 2.73. The molecule has 0 atom stereocenters. The Morgan fingerprint density at radius 3 is 2.70 bits per heavy atom. The number of nitrogens with zero attached hydrogens (tertiary/aromatic N) is 3. The van der Waals surface area contributed by atoms with Crippen LogP contribution in [0.5, 0.6) is 0 Å². The molecule has 8 heteroatoms. The summed E-state index contributed by atoms with van der Waals surface area (Å²) >= 11 is 1.37. The number of aromatic nitrogens is 3. The number of thiophene rings is 1. The van der Waals surface area contributed by atoms with Crippen molar-refractivity contribution in [1.29, 1.82) is 0 Å². The first kappa shape index (κ1) is 20.8. The smallest absolute Gasteiger partial charge is 0.258 e. The van der Waals surface area contributed by atoms with Gasteiger partial charge in [-0.1, -0.05) is 49.4 Å². The minimum absolute atomic E-state index is 0.225. The van der Waals surface area contributed by atoms with E-state index in [2.05, 4.69) is 50.7 Å². The van der Waals surface area contributed by atoms with Gasteiger partial charge < -0.3 is 16.4 Å². The Bertz CT molecular complexity index is 1460. The van der Waals surface area contributed by atoms with Crippen molar-refractivity contribution >= 4 is 55.6 Å². The fourth-order valence-electron chi connectivity index (χ4n) is 3.88. The fourth-order valence-corrected chi connectivity index (χ4v) is 4.78. The minimum Gasteiger partial charge on any atom is -0.382 e. The molecule has 0 bridgehead atoms. The summed E-state index contributed by atoms with van der Waals surface area (Å²) in [5, 5.41) is 10.2. The molecular weight excluding hydrogens is 432 g/mol. The number of amides is 1. The first-order valence-electron chi connectivity index (χ1n) is 10.6. The molecule has 0 fully saturated rings. The number of hydrogen-bond donors (Lipinski definition) is 3. The predicted octanol–water partition coefficient (Wildman–Crippen LogP) is 5.25. The van der Waals surface area contributed by atoms with Gasteiger partial charge in [0.05, 0.1) is 21.5 Å². The first-order chi connectivity index (χ1) is 16.2. The normalized spacial score (nSPS) is 11.1. The molecule has 0 aliphatic carbocycles. The van der Waals surface area contributed by atoms with Crippen molar-refractivity contribution in [2.75, 3.05) is 16.4 Å². The topological polar surface area (TPSA) is 106 Å². The molecule has 0 saturated heterocycles. The quantitative estimate of drug-likeness (QED) is 0.324. The Kier molecular flexibility index (Phi) is 5.58. The molecule has 164 valence electrons. The maximum absolute atomic E-state index is 13.3. The number of carbonyl (C=O) groups excluding carboxylic acids is 1. The lowest BCUT2D eigenvalue weighted by Gasteiger charge is -2.16. The molecule has 0 unspecified atom stereocenters. The minimum atomic E-state index is -0.225. The number of anilines is 3. The van der Waals surface area contributed by atoms with Crippen LogP contribution in [0.4, 0.5) is 17.3 Å². The number of nitrogens with two attached hydrogens (primary N) is 1. The molecule has 0 aliphatic rings. The van der Waals surface area contributed by atoms with Gasteiger partial charge in [0.2, 0.25) is 0 Å². The third-order valence-corrected chi connectivity index (χ3v) is 6.57. The van der Waals surface area contributed by atoms with Gasteiger partial charge in [-0.3, -0.25) is 4.79 Å². The van der Waals surface area contributed by atoms with Gasteiger partial charge in [0.25, 0.3) is 5.91 Å². The highest BCUT2D eigenvalue weighted by molar-refractivity contribution is 7.18. The summed E-state index contributed by atoms with van der Waals surface area (Å²) in [4.78, 5) is 26.1. The van der Waals surface area contributed by atoms with Gasteiger partial charge >= 0.3 is 0 Å². The number of rotatable bonds is 6. The number of carbonyl (C=O) groups is 1. The number of aryl methyl sites for hydroxylation is 1. The summed E-state index contributed by atoms with van der Waals surface area (Å²) in [5.74, 6) is 0.928. The SMILES string of the molecule is CCc1ccc2c(NCc3ccccc3)nccc2c1NC(=O)c1csc2c(N)ncnc12. The molecular formula is C25H22N6OS. The van der Waals surface area contributed by atoms with E-state index in [1.165, 1.54) is 23.2 Å². The molecule has 0 saturated carbocycles. The average molecular weight is 455 g/mol. The van der Waals surface area contributed by atoms with E-state index in [-0.39, 0.29) is 5.91 Å². The molecule has 33 heavy (non-hydrogen) atoms. The maximum Gasteiger partial charge on any atom is 0.258 e. The predicted molar refractivity (Wildman–Crippen MR) is 135 cm³/mol. The first-order valence-corrected chi connectivity index (χ1v) is 11.5. The molecule has 0 radical (unpaired) electrons. The Labute approximate surface area is 194 Å². The number of nitrogen functional groups attached to an aromatic ring is 1. The van der Waals surface area contributed by atoms with Crippen molar-refractivity contribution in [3.05, 3.63) is 83.1 Å². The molecule has 4 N–H and O–H groups in total. The summed E-state index contributed by atoms with van der Waals surface area (Å²) in [5.41, 5.74) is 9.99. The number of hydrogen-bond acceptors (Lipinski definition) is 7. The van der Waals surface area contributed by atoms with Crippen molar-refractivity contribution < 1.29 is 4.79 Å². The number of fused-ring (bicyclic) bond motifs is 2. The molecule has 3 aromatic heterocycles. The second-order valence-electron chi connectivity index (χ2n) is 7.59. The zero-order valence-electron chi connectivity index (χ0n) is 18.0. The van der Waals surface area contributed by atoms with E-state index in [1.54, 1.807) is 11.6 Å². The molecule has 5 rings (SSSR count). The number of benzene rings is 2. The Morgan fingerprint density at radius 1 is 1.03 bits per heavy atom. The summed E-state index contributed by atoms with van der Waals surface area (Å²) in [6, 6.07) is 16.2. The Balaban J connectivity index is 1.51. The van der Waals surface area contributed by atoms with Gasteiger partial charge in [0.15, 0.2) is 0 Å². The van der Waals surface area contributed by atoms with Crippen LogP contribution < -0.4 is 16.4 Å². The van der Waals surface area contributed by atoms with Crippen LogP contribution >= 0.6 is 11.3 Å². The van der Waals surface area contributed by atoms with Crippen LogP contribution in [0.1, 0.15) is 28.4 Å². The molecule has 1 amide bonds. The Hall–Kier alpha value is -4.04. The van der Waals surface area contributed by atoms with E-state index in [4.69, 9.17) is 5.73 Å². The van der Waals surface area contributed by atoms with Crippen molar-refractivity contribution in [3.8, 4) is 0 Å². The lowest BCUT2D eigenvalue weighted by molar-refractivity contribution is 0.102. The van der Waals surface area contributed by atoms with E-state index in [1.807, 2.05) is 30.3 Å². The second-order valence-corrected chi connectivity index (χ2v) is 8.47. The van der Waals surface area contributed by atoms with Crippen LogP contribution in [-0.4, -0.2) is 20.9 Å². The van der Waals surface area contributed by atoms with Crippen LogP contribution in [-0.2, 0) is 13.0 Å². The number of pyridine rings is 1. The van der Waals surface area contributed by atoms with Crippen molar-refractivity contribution in [2.45, 2.75) is 19.9 Å². The zero-order chi connectivity index (χ0) is 22.8. The van der Waals surface area contributed by atoms with Gasteiger partial charge in [-0.25, -0.2) is 15.0 Å². The lowest BCUT2D eigenvalue weighted by atomic mass is 10.0. The summed E-state index contributed by atoms with van der Waals surface area (Å²) in [6.07, 6.45) is 3.92. The van der Waals surface area contributed by atoms with E-state index < -0.39 is 0 Å². The summed E-state index contributed by atoms with van der Waals surface area (Å²) < 4.78 is 0.716. The van der Waals surface area contributed by atoms with Crippen molar-refractivity contribution in [2.24, 2.45) is 0 Å². The van der Waals surface area contributed by atoms with E-state index >= 15 is 0 Å². The van der Waals surface area contributed by atoms with Gasteiger partial charge in [-0.15, -0.1) is 11.3 Å². The monoisotopic (exact) mass is 454 g/mol. The Morgan fingerprint density at radius 2 is 1.88 bits per heavy atom. The van der Waals surface area contributed by atoms with Crippen LogP contribution in [0.3, 0.4) is 0 Å². The molecule has 3 heterocycles. The molecule has 0 spiro atoms. The molecule has 5 aromatic rings. The second kappa shape index (κ2) is 8.84. The highest BCUT2D eigenvalue weighted by atomic mass is 32.1. The summed E-state index contributed by atoms with van der Waals surface area (Å²) in [7, 11) is 0. The number of nitrogens with one attached hydrogen (secondary N) is 2. The largest absolute Gasteiger partial charge is 0.382 e. The van der Waals surface area contributed by atoms with E-state index in [0.717, 1.165) is 34.3 Å². The van der Waals surface area contributed by atoms with Crippen molar-refractivity contribution in [1.82, 2.24) is 15.0 Å². The van der Waals surface area contributed by atoms with Gasteiger partial charge in [0.1, 0.15) is 18.0 Å². The average Bonchev–Trinajstić information content (AvgIpc) is 3.29. The third-order valence-electron chi connectivity index (χ3n) is 5.58. The van der Waals surface area contributed by atoms with Gasteiger partial charge in [-0.05, 0) is 23.6 Å². The molecule has 2 aromatic carbocycles. The highest BCUT2D eigenvalue weighted by Gasteiger charge is 2.18. The molecule has 0 aliphatic heterocycles. The maximum atomic E-state index is 13.3. The molecule has 7 nitrogen and oxygen atoms in total.